The van der Waals surface area contributed by atoms with Crippen molar-refractivity contribution in [3.8, 4) is 0 Å². The summed E-state index contributed by atoms with van der Waals surface area (Å²) >= 11 is 0. The molecule has 2 nitrogen and oxygen atoms in total. The summed E-state index contributed by atoms with van der Waals surface area (Å²) in [4.78, 5) is 6.82. The second-order valence-electron chi connectivity index (χ2n) is 1.87. The zero-order valence-electron chi connectivity index (χ0n) is 5.46. The molecule has 0 unspecified atom stereocenters. The molecule has 10 heavy (non-hydrogen) atoms. The fraction of sp³-hybridized carbons (Fsp3) is 0. The largest absolute Gasteiger partial charge is 0.461 e. The van der Waals surface area contributed by atoms with Crippen molar-refractivity contribution < 1.29 is 19.5 Å². The number of aromatic nitrogens is 2. The molecule has 3 heteroatoms. The third kappa shape index (κ3) is 1.10. The van der Waals surface area contributed by atoms with Crippen LogP contribution >= 0.6 is 0 Å². The summed E-state index contributed by atoms with van der Waals surface area (Å²) < 4.78 is 0. The molecular weight excluding hydrogens is 177 g/mol. The van der Waals surface area contributed by atoms with Gasteiger partial charge in [-0.15, -0.1) is 12.1 Å². The molecule has 0 spiro atoms. The van der Waals surface area contributed by atoms with Gasteiger partial charge < -0.3 is 9.97 Å². The van der Waals surface area contributed by atoms with E-state index in [9.17, 15) is 0 Å². The summed E-state index contributed by atoms with van der Waals surface area (Å²) in [6.45, 7) is 0. The molecule has 0 saturated carbocycles. The smallest absolute Gasteiger partial charge is 0 e. The van der Waals surface area contributed by atoms with E-state index in [1.807, 2.05) is 24.3 Å². The Morgan fingerprint density at radius 2 is 2.10 bits per heavy atom. The molecule has 0 saturated heterocycles. The van der Waals surface area contributed by atoms with Crippen molar-refractivity contribution in [2.24, 2.45) is 0 Å². The minimum absolute atomic E-state index is 0. The Labute approximate surface area is 71.4 Å². The van der Waals surface area contributed by atoms with Crippen LogP contribution in [-0.2, 0) is 19.5 Å². The number of aromatic amines is 1. The van der Waals surface area contributed by atoms with Gasteiger partial charge in [-0.3, -0.25) is 0 Å². The topological polar surface area (TPSA) is 28.7 Å². The summed E-state index contributed by atoms with van der Waals surface area (Å²) in [5.41, 5.74) is 2.01. The molecule has 0 bridgehead atoms. The van der Waals surface area contributed by atoms with Gasteiger partial charge in [-0.2, -0.15) is 0 Å². The molecule has 0 aliphatic carbocycles. The van der Waals surface area contributed by atoms with Gasteiger partial charge in [-0.1, -0.05) is 23.2 Å². The molecule has 0 amide bonds. The van der Waals surface area contributed by atoms with Crippen LogP contribution in [0.4, 0.5) is 0 Å². The molecule has 1 aromatic heterocycles. The third-order valence-electron chi connectivity index (χ3n) is 1.27. The molecule has 2 aromatic rings. The van der Waals surface area contributed by atoms with Gasteiger partial charge in [-0.25, -0.2) is 0 Å². The quantitative estimate of drug-likeness (QED) is 0.484. The van der Waals surface area contributed by atoms with E-state index in [-0.39, 0.29) is 19.5 Å². The van der Waals surface area contributed by atoms with Crippen LogP contribution in [0.2, 0.25) is 0 Å². The fourth-order valence-electron chi connectivity index (χ4n) is 0.825. The van der Waals surface area contributed by atoms with Crippen molar-refractivity contribution in [2.45, 2.75) is 0 Å². The van der Waals surface area contributed by atoms with E-state index in [4.69, 9.17) is 0 Å². The Balaban J connectivity index is 0.000000500. The SMILES string of the molecule is [Zn].[c-]1nc2ccccc2[nH]1. The first-order valence-electron chi connectivity index (χ1n) is 2.77. The van der Waals surface area contributed by atoms with E-state index in [2.05, 4.69) is 16.3 Å². The van der Waals surface area contributed by atoms with E-state index >= 15 is 0 Å². The number of nitrogens with one attached hydrogen (secondary N) is 1. The van der Waals surface area contributed by atoms with Gasteiger partial charge in [-0.05, 0) is 6.33 Å². The Morgan fingerprint density at radius 1 is 1.30 bits per heavy atom. The average Bonchev–Trinajstić information content (AvgIpc) is 2.33. The van der Waals surface area contributed by atoms with Gasteiger partial charge in [0.15, 0.2) is 0 Å². The first-order valence-corrected chi connectivity index (χ1v) is 2.77. The first kappa shape index (κ1) is 7.42. The molecule has 46 valence electrons. The molecule has 1 heterocycles. The van der Waals surface area contributed by atoms with Gasteiger partial charge in [0.1, 0.15) is 0 Å². The number of hydrogen-bond donors (Lipinski definition) is 1. The fourth-order valence-corrected chi connectivity index (χ4v) is 0.825. The number of H-pyrrole nitrogens is 1. The average molecular weight is 183 g/mol. The van der Waals surface area contributed by atoms with Gasteiger partial charge in [0.05, 0.1) is 0 Å². The van der Waals surface area contributed by atoms with Gasteiger partial charge in [0.25, 0.3) is 0 Å². The molecule has 0 aliphatic heterocycles. The Hall–Kier alpha value is -0.687. The molecule has 0 aliphatic rings. The van der Waals surface area contributed by atoms with Crippen LogP contribution in [0.3, 0.4) is 0 Å². The zero-order chi connectivity index (χ0) is 6.10. The summed E-state index contributed by atoms with van der Waals surface area (Å²) in [6, 6.07) is 7.84. The van der Waals surface area contributed by atoms with Crippen LogP contribution in [0.1, 0.15) is 0 Å². The molecule has 0 radical (unpaired) electrons. The van der Waals surface area contributed by atoms with Gasteiger partial charge in [0, 0.05) is 19.5 Å². The minimum Gasteiger partial charge on any atom is -0.461 e. The van der Waals surface area contributed by atoms with Crippen molar-refractivity contribution in [3.63, 3.8) is 0 Å². The maximum Gasteiger partial charge on any atom is 0 e. The van der Waals surface area contributed by atoms with E-state index < -0.39 is 0 Å². The van der Waals surface area contributed by atoms with E-state index in [0.717, 1.165) is 11.0 Å². The standard InChI is InChI=1S/C7H5N2.Zn/c1-2-4-7-6(3-1)8-5-9-7;/h1-4H,(H,8,9);/q-1;. The van der Waals surface area contributed by atoms with Crippen LogP contribution in [0.15, 0.2) is 24.3 Å². The van der Waals surface area contributed by atoms with Crippen LogP contribution in [0.5, 0.6) is 0 Å². The van der Waals surface area contributed by atoms with E-state index in [0.29, 0.717) is 0 Å². The first-order chi connectivity index (χ1) is 4.47. The molecular formula is C7H5N2Zn-. The van der Waals surface area contributed by atoms with Gasteiger partial charge in [0.2, 0.25) is 0 Å². The minimum atomic E-state index is 0. The maximum absolute atomic E-state index is 3.94. The Bertz CT molecular complexity index is 286. The third-order valence-corrected chi connectivity index (χ3v) is 1.27. The molecule has 0 fully saturated rings. The van der Waals surface area contributed by atoms with Crippen molar-refractivity contribution >= 4 is 11.0 Å². The van der Waals surface area contributed by atoms with Gasteiger partial charge >= 0.3 is 0 Å². The van der Waals surface area contributed by atoms with Crippen molar-refractivity contribution in [3.05, 3.63) is 30.6 Å². The van der Waals surface area contributed by atoms with Crippen LogP contribution < -0.4 is 0 Å². The van der Waals surface area contributed by atoms with Crippen LogP contribution in [-0.4, -0.2) is 9.97 Å². The number of imidazole rings is 1. The van der Waals surface area contributed by atoms with Crippen molar-refractivity contribution in [1.82, 2.24) is 9.97 Å². The monoisotopic (exact) mass is 181 g/mol. The van der Waals surface area contributed by atoms with E-state index in [1.165, 1.54) is 0 Å². The van der Waals surface area contributed by atoms with Crippen LogP contribution in [0.25, 0.3) is 11.0 Å². The predicted octanol–water partition coefficient (Wildman–Crippen LogP) is 1.36. The van der Waals surface area contributed by atoms with Crippen molar-refractivity contribution in [2.75, 3.05) is 0 Å². The van der Waals surface area contributed by atoms with Crippen molar-refractivity contribution in [1.29, 1.82) is 0 Å². The molecule has 1 aromatic carbocycles. The number of rotatable bonds is 0. The summed E-state index contributed by atoms with van der Waals surface area (Å²) in [5, 5.41) is 0. The number of hydrogen-bond acceptors (Lipinski definition) is 1. The second kappa shape index (κ2) is 2.93. The van der Waals surface area contributed by atoms with Crippen LogP contribution in [0, 0.1) is 6.33 Å². The number of benzene rings is 1. The molecule has 0 atom stereocenters. The normalized spacial score (nSPS) is 9.20. The number of para-hydroxylation sites is 2. The Morgan fingerprint density at radius 3 is 2.90 bits per heavy atom. The Kier molecular flexibility index (Phi) is 2.18. The summed E-state index contributed by atoms with van der Waals surface area (Å²) in [7, 11) is 0. The summed E-state index contributed by atoms with van der Waals surface area (Å²) in [5.74, 6) is 0. The van der Waals surface area contributed by atoms with E-state index in [1.54, 1.807) is 0 Å². The maximum atomic E-state index is 3.94. The summed E-state index contributed by atoms with van der Waals surface area (Å²) in [6.07, 6.45) is 2.66. The number of nitrogens with zero attached hydrogens (tertiary/aromatic N) is 1. The zero-order valence-corrected chi connectivity index (χ0v) is 8.43. The number of fused-ring (bicyclic) bond motifs is 1. The second-order valence-corrected chi connectivity index (χ2v) is 1.87. The molecule has 2 rings (SSSR count). The predicted molar refractivity (Wildman–Crippen MR) is 34.9 cm³/mol. The molecule has 1 N–H and O–H groups in total.